The number of rotatable bonds is 8. The molecule has 0 aliphatic rings. The van der Waals surface area contributed by atoms with Gasteiger partial charge in [0.1, 0.15) is 4.70 Å². The van der Waals surface area contributed by atoms with E-state index in [1.54, 1.807) is 12.4 Å². The molecule has 3 aromatic rings. The van der Waals surface area contributed by atoms with Gasteiger partial charge in [0.25, 0.3) is 0 Å². The first kappa shape index (κ1) is 21.0. The van der Waals surface area contributed by atoms with E-state index in [-0.39, 0.29) is 17.9 Å². The predicted molar refractivity (Wildman–Crippen MR) is 117 cm³/mol. The van der Waals surface area contributed by atoms with Gasteiger partial charge in [0.15, 0.2) is 21.8 Å². The van der Waals surface area contributed by atoms with Crippen LogP contribution >= 0.6 is 34.7 Å². The molecular weight excluding hydrogens is 416 g/mol. The lowest BCUT2D eigenvalue weighted by atomic mass is 10.0. The summed E-state index contributed by atoms with van der Waals surface area (Å²) in [6.45, 7) is 6.29. The number of aromatic nitrogens is 4. The van der Waals surface area contributed by atoms with Gasteiger partial charge in [-0.15, -0.1) is 0 Å². The summed E-state index contributed by atoms with van der Waals surface area (Å²) in [5.41, 5.74) is 7.41. The minimum atomic E-state index is -0.105. The number of thioether (sulfide) groups is 1. The Morgan fingerprint density at radius 3 is 2.75 bits per heavy atom. The summed E-state index contributed by atoms with van der Waals surface area (Å²) in [7, 11) is 0. The molecule has 0 saturated carbocycles. The number of fused-ring (bicyclic) bond motifs is 1. The lowest BCUT2D eigenvalue weighted by Gasteiger charge is -2.19. The molecule has 0 spiro atoms. The van der Waals surface area contributed by atoms with E-state index in [4.69, 9.17) is 22.3 Å². The van der Waals surface area contributed by atoms with Gasteiger partial charge in [-0.05, 0) is 30.9 Å². The summed E-state index contributed by atoms with van der Waals surface area (Å²) in [6, 6.07) is 1.79. The minimum Gasteiger partial charge on any atom is -0.394 e. The number of hydrogen-bond donors (Lipinski definition) is 3. The molecule has 3 heterocycles. The lowest BCUT2D eigenvalue weighted by Crippen LogP contribution is -2.26. The van der Waals surface area contributed by atoms with Crippen molar-refractivity contribution < 1.29 is 5.11 Å². The fourth-order valence-corrected chi connectivity index (χ4v) is 4.85. The van der Waals surface area contributed by atoms with Crippen molar-refractivity contribution in [3.05, 3.63) is 29.0 Å². The van der Waals surface area contributed by atoms with Crippen LogP contribution in [0.1, 0.15) is 38.0 Å². The van der Waals surface area contributed by atoms with E-state index in [9.17, 15) is 5.11 Å². The molecular formula is C18H23ClN6OS2. The second-order valence-electron chi connectivity index (χ2n) is 6.87. The van der Waals surface area contributed by atoms with Gasteiger partial charge in [-0.2, -0.15) is 0 Å². The van der Waals surface area contributed by atoms with Crippen molar-refractivity contribution in [3.63, 3.8) is 0 Å². The highest BCUT2D eigenvalue weighted by molar-refractivity contribution is 7.99. The van der Waals surface area contributed by atoms with E-state index in [1.165, 1.54) is 23.1 Å². The molecule has 10 heteroatoms. The van der Waals surface area contributed by atoms with Crippen molar-refractivity contribution in [1.29, 1.82) is 0 Å². The van der Waals surface area contributed by atoms with Crippen LogP contribution in [-0.2, 0) is 0 Å². The number of aliphatic hydroxyl groups is 1. The zero-order valence-corrected chi connectivity index (χ0v) is 18.3. The van der Waals surface area contributed by atoms with E-state index in [1.807, 2.05) is 13.0 Å². The maximum absolute atomic E-state index is 9.74. The zero-order chi connectivity index (χ0) is 20.3. The Balaban J connectivity index is 1.92. The molecule has 4 N–H and O–H groups in total. The van der Waals surface area contributed by atoms with Crippen molar-refractivity contribution in [3.8, 4) is 0 Å². The van der Waals surface area contributed by atoms with Gasteiger partial charge in [0, 0.05) is 17.6 Å². The van der Waals surface area contributed by atoms with Crippen LogP contribution in [0, 0.1) is 5.92 Å². The van der Waals surface area contributed by atoms with Gasteiger partial charge in [0.05, 0.1) is 17.7 Å². The molecule has 0 aliphatic heterocycles. The summed E-state index contributed by atoms with van der Waals surface area (Å²) >= 11 is 9.09. The van der Waals surface area contributed by atoms with Crippen LogP contribution in [0.5, 0.6) is 0 Å². The van der Waals surface area contributed by atoms with E-state index in [0.29, 0.717) is 32.7 Å². The number of nitrogens with one attached hydrogen (secondary N) is 1. The van der Waals surface area contributed by atoms with Crippen molar-refractivity contribution >= 4 is 56.0 Å². The molecule has 0 aromatic carbocycles. The Bertz CT molecular complexity index is 951. The Labute approximate surface area is 177 Å². The first-order valence-electron chi connectivity index (χ1n) is 8.94. The van der Waals surface area contributed by atoms with E-state index < -0.39 is 0 Å². The SMILES string of the molecule is CC(C)C[C@H](CO)Nc1nc(SC(C)c2ccncc2Cl)nc2nc(N)sc12. The Kier molecular flexibility index (Phi) is 6.92. The molecule has 28 heavy (non-hydrogen) atoms. The Morgan fingerprint density at radius 2 is 2.07 bits per heavy atom. The maximum Gasteiger partial charge on any atom is 0.192 e. The average molecular weight is 439 g/mol. The summed E-state index contributed by atoms with van der Waals surface area (Å²) in [5.74, 6) is 1.09. The highest BCUT2D eigenvalue weighted by Crippen LogP contribution is 2.38. The van der Waals surface area contributed by atoms with Gasteiger partial charge >= 0.3 is 0 Å². The van der Waals surface area contributed by atoms with Gasteiger partial charge in [-0.3, -0.25) is 4.98 Å². The number of nitrogens with zero attached hydrogens (tertiary/aromatic N) is 4. The van der Waals surface area contributed by atoms with Crippen LogP contribution in [0.2, 0.25) is 5.02 Å². The van der Waals surface area contributed by atoms with E-state index >= 15 is 0 Å². The standard InChI is InChI=1S/C18H23ClN6OS2/c1-9(2)6-11(8-26)22-15-14-16(23-17(20)28-14)25-18(24-15)27-10(3)12-4-5-21-7-13(12)19/h4-5,7,9-11,26H,6,8H2,1-3H3,(H3,20,22,23,24,25)/t10?,11-/m1/s1. The van der Waals surface area contributed by atoms with Gasteiger partial charge < -0.3 is 16.2 Å². The van der Waals surface area contributed by atoms with Gasteiger partial charge in [0.2, 0.25) is 0 Å². The summed E-state index contributed by atoms with van der Waals surface area (Å²) in [4.78, 5) is 17.6. The number of anilines is 2. The molecule has 7 nitrogen and oxygen atoms in total. The number of hydrogen-bond acceptors (Lipinski definition) is 9. The first-order valence-corrected chi connectivity index (χ1v) is 11.0. The molecule has 3 aromatic heterocycles. The molecule has 0 amide bonds. The van der Waals surface area contributed by atoms with E-state index in [2.05, 4.69) is 34.1 Å². The molecule has 0 saturated heterocycles. The number of nitrogens with two attached hydrogens (primary N) is 1. The first-order chi connectivity index (χ1) is 13.4. The normalized spacial score (nSPS) is 13.8. The minimum absolute atomic E-state index is 0.0173. The zero-order valence-electron chi connectivity index (χ0n) is 15.9. The fourth-order valence-electron chi connectivity index (χ4n) is 2.85. The topological polar surface area (TPSA) is 110 Å². The summed E-state index contributed by atoms with van der Waals surface area (Å²) in [6.07, 6.45) is 4.17. The third-order valence-electron chi connectivity index (χ3n) is 4.09. The molecule has 2 atom stereocenters. The van der Waals surface area contributed by atoms with Crippen LogP contribution in [0.4, 0.5) is 10.9 Å². The van der Waals surface area contributed by atoms with Crippen molar-refractivity contribution in [2.75, 3.05) is 17.7 Å². The van der Waals surface area contributed by atoms with Crippen LogP contribution in [-0.4, -0.2) is 37.7 Å². The summed E-state index contributed by atoms with van der Waals surface area (Å²) in [5, 5.41) is 14.7. The smallest absolute Gasteiger partial charge is 0.192 e. The average Bonchev–Trinajstić information content (AvgIpc) is 3.01. The number of pyridine rings is 1. The van der Waals surface area contributed by atoms with Crippen molar-refractivity contribution in [1.82, 2.24) is 19.9 Å². The lowest BCUT2D eigenvalue weighted by molar-refractivity contribution is 0.259. The number of aliphatic hydroxyl groups excluding tert-OH is 1. The number of nitrogen functional groups attached to an aromatic ring is 1. The molecule has 0 fully saturated rings. The Hall–Kier alpha value is -1.68. The van der Waals surface area contributed by atoms with Crippen LogP contribution in [0.25, 0.3) is 10.3 Å². The van der Waals surface area contributed by atoms with E-state index in [0.717, 1.165) is 16.7 Å². The molecule has 0 bridgehead atoms. The van der Waals surface area contributed by atoms with Crippen molar-refractivity contribution in [2.45, 2.75) is 43.6 Å². The molecule has 1 unspecified atom stereocenters. The van der Waals surface area contributed by atoms with Crippen LogP contribution in [0.15, 0.2) is 23.6 Å². The number of thiazole rings is 1. The highest BCUT2D eigenvalue weighted by atomic mass is 35.5. The van der Waals surface area contributed by atoms with Crippen LogP contribution < -0.4 is 11.1 Å². The molecule has 150 valence electrons. The maximum atomic E-state index is 9.74. The molecule has 0 aliphatic carbocycles. The molecule has 0 radical (unpaired) electrons. The van der Waals surface area contributed by atoms with Crippen LogP contribution in [0.3, 0.4) is 0 Å². The highest BCUT2D eigenvalue weighted by Gasteiger charge is 2.19. The van der Waals surface area contributed by atoms with Gasteiger partial charge in [-0.25, -0.2) is 15.0 Å². The summed E-state index contributed by atoms with van der Waals surface area (Å²) < 4.78 is 0.790. The van der Waals surface area contributed by atoms with Crippen molar-refractivity contribution in [2.24, 2.45) is 5.92 Å². The number of halogens is 1. The second kappa shape index (κ2) is 9.21. The van der Waals surface area contributed by atoms with Gasteiger partial charge in [-0.1, -0.05) is 48.5 Å². The fraction of sp³-hybridized carbons (Fsp3) is 0.444. The largest absolute Gasteiger partial charge is 0.394 e. The third kappa shape index (κ3) is 5.02. The monoisotopic (exact) mass is 438 g/mol. The predicted octanol–water partition coefficient (Wildman–Crippen LogP) is 4.39. The third-order valence-corrected chi connectivity index (χ3v) is 6.29. The quantitative estimate of drug-likeness (QED) is 0.351. The molecule has 3 rings (SSSR count). The second-order valence-corrected chi connectivity index (χ2v) is 9.62. The Morgan fingerprint density at radius 1 is 1.29 bits per heavy atom.